The fourth-order valence-corrected chi connectivity index (χ4v) is 1.49. The highest BCUT2D eigenvalue weighted by molar-refractivity contribution is 7.15. The summed E-state index contributed by atoms with van der Waals surface area (Å²) in [5, 5.41) is 11.3. The highest BCUT2D eigenvalue weighted by Gasteiger charge is 2.04. The third kappa shape index (κ3) is 3.77. The molecule has 6 nitrogen and oxygen atoms in total. The summed E-state index contributed by atoms with van der Waals surface area (Å²) >= 11 is 1.30. The second-order valence-electron chi connectivity index (χ2n) is 2.70. The fraction of sp³-hybridized carbons (Fsp3) is 0.333. The Balaban J connectivity index is 2.51. The molecule has 1 N–H and O–H groups in total. The molecule has 7 heteroatoms. The van der Waals surface area contributed by atoms with Gasteiger partial charge in [0.05, 0.1) is 7.11 Å². The van der Waals surface area contributed by atoms with Gasteiger partial charge in [-0.3, -0.25) is 10.1 Å². The molecule has 0 unspecified atom stereocenters. The highest BCUT2D eigenvalue weighted by atomic mass is 32.1. The Kier molecular flexibility index (Phi) is 4.59. The van der Waals surface area contributed by atoms with E-state index in [0.717, 1.165) is 23.6 Å². The van der Waals surface area contributed by atoms with E-state index in [9.17, 15) is 9.59 Å². The van der Waals surface area contributed by atoms with Crippen molar-refractivity contribution < 1.29 is 14.3 Å². The van der Waals surface area contributed by atoms with Crippen LogP contribution in [0.5, 0.6) is 0 Å². The van der Waals surface area contributed by atoms with Crippen molar-refractivity contribution in [1.82, 2.24) is 10.2 Å². The largest absolute Gasteiger partial charge is 0.466 e. The number of esters is 1. The summed E-state index contributed by atoms with van der Waals surface area (Å²) in [6.07, 6.45) is 2.89. The lowest BCUT2D eigenvalue weighted by atomic mass is 10.5. The van der Waals surface area contributed by atoms with Gasteiger partial charge in [0.25, 0.3) is 0 Å². The van der Waals surface area contributed by atoms with Crippen LogP contribution in [0.1, 0.15) is 11.9 Å². The zero-order valence-corrected chi connectivity index (χ0v) is 9.71. The Hall–Kier alpha value is -1.76. The van der Waals surface area contributed by atoms with E-state index in [4.69, 9.17) is 0 Å². The molecule has 0 saturated heterocycles. The molecule has 0 spiro atoms. The van der Waals surface area contributed by atoms with Gasteiger partial charge in [0, 0.05) is 12.2 Å². The molecule has 1 amide bonds. The van der Waals surface area contributed by atoms with Crippen LogP contribution in [0.15, 0.2) is 12.2 Å². The zero-order valence-electron chi connectivity index (χ0n) is 8.89. The molecule has 1 heterocycles. The lowest BCUT2D eigenvalue weighted by molar-refractivity contribution is -0.135. The van der Waals surface area contributed by atoms with Gasteiger partial charge in [-0.2, -0.15) is 0 Å². The molecule has 0 atom stereocenters. The molecule has 16 heavy (non-hydrogen) atoms. The van der Waals surface area contributed by atoms with E-state index in [0.29, 0.717) is 5.13 Å². The zero-order chi connectivity index (χ0) is 12.0. The summed E-state index contributed by atoms with van der Waals surface area (Å²) in [5.41, 5.74) is 0. The molecular weight excluding hydrogens is 230 g/mol. The van der Waals surface area contributed by atoms with Crippen molar-refractivity contribution in [3.63, 3.8) is 0 Å². The Labute approximate surface area is 96.3 Å². The first kappa shape index (κ1) is 12.3. The molecule has 0 aliphatic carbocycles. The third-order valence-corrected chi connectivity index (χ3v) is 2.55. The monoisotopic (exact) mass is 241 g/mol. The van der Waals surface area contributed by atoms with Gasteiger partial charge < -0.3 is 4.74 Å². The number of methoxy groups -OCH3 is 1. The maximum absolute atomic E-state index is 11.3. The maximum Gasteiger partial charge on any atom is 0.330 e. The Morgan fingerprint density at radius 2 is 2.19 bits per heavy atom. The third-order valence-electron chi connectivity index (χ3n) is 1.57. The van der Waals surface area contributed by atoms with Gasteiger partial charge in [-0.05, 0) is 6.42 Å². The second-order valence-corrected chi connectivity index (χ2v) is 3.76. The summed E-state index contributed by atoms with van der Waals surface area (Å²) in [7, 11) is 1.24. The standard InChI is InChI=1S/C9H11N3O3S/c1-3-7-11-12-9(16-7)10-6(13)4-5-8(14)15-2/h4-5H,3H2,1-2H3,(H,10,12,13)/b5-4+. The SMILES string of the molecule is CCc1nnc(NC(=O)/C=C/C(=O)OC)s1. The highest BCUT2D eigenvalue weighted by Crippen LogP contribution is 2.14. The molecule has 0 fully saturated rings. The number of nitrogens with one attached hydrogen (secondary N) is 1. The summed E-state index contributed by atoms with van der Waals surface area (Å²) in [6, 6.07) is 0. The molecule has 0 aromatic carbocycles. The molecule has 1 rings (SSSR count). The minimum absolute atomic E-state index is 0.413. The van der Waals surface area contributed by atoms with Crippen LogP contribution in [0.4, 0.5) is 5.13 Å². The Morgan fingerprint density at radius 1 is 1.44 bits per heavy atom. The molecule has 0 bridgehead atoms. The fourth-order valence-electron chi connectivity index (χ4n) is 0.806. The first-order valence-corrected chi connectivity index (χ1v) is 5.36. The van der Waals surface area contributed by atoms with E-state index in [1.54, 1.807) is 0 Å². The number of amides is 1. The smallest absolute Gasteiger partial charge is 0.330 e. The topological polar surface area (TPSA) is 81.2 Å². The molecule has 86 valence electrons. The number of nitrogens with zero attached hydrogens (tertiary/aromatic N) is 2. The van der Waals surface area contributed by atoms with Crippen LogP contribution in [0.2, 0.25) is 0 Å². The van der Waals surface area contributed by atoms with Gasteiger partial charge in [0.15, 0.2) is 0 Å². The Bertz CT molecular complexity index is 414. The average Bonchev–Trinajstić information content (AvgIpc) is 2.73. The van der Waals surface area contributed by atoms with E-state index in [1.807, 2.05) is 6.92 Å². The minimum Gasteiger partial charge on any atom is -0.466 e. The van der Waals surface area contributed by atoms with Crippen molar-refractivity contribution >= 4 is 28.3 Å². The van der Waals surface area contributed by atoms with Crippen molar-refractivity contribution in [2.45, 2.75) is 13.3 Å². The van der Waals surface area contributed by atoms with Crippen molar-refractivity contribution in [2.24, 2.45) is 0 Å². The van der Waals surface area contributed by atoms with Crippen LogP contribution in [0.3, 0.4) is 0 Å². The lowest BCUT2D eigenvalue weighted by Crippen LogP contribution is -2.08. The first-order valence-electron chi connectivity index (χ1n) is 4.55. The molecular formula is C9H11N3O3S. The molecule has 0 aliphatic heterocycles. The molecule has 0 aliphatic rings. The van der Waals surface area contributed by atoms with E-state index in [2.05, 4.69) is 20.3 Å². The van der Waals surface area contributed by atoms with Crippen LogP contribution in [-0.4, -0.2) is 29.2 Å². The Morgan fingerprint density at radius 3 is 2.75 bits per heavy atom. The van der Waals surface area contributed by atoms with Crippen molar-refractivity contribution in [1.29, 1.82) is 0 Å². The summed E-state index contributed by atoms with van der Waals surface area (Å²) in [6.45, 7) is 1.95. The number of rotatable bonds is 4. The van der Waals surface area contributed by atoms with Gasteiger partial charge in [-0.25, -0.2) is 4.79 Å². The first-order chi connectivity index (χ1) is 7.65. The van der Waals surface area contributed by atoms with Crippen LogP contribution in [-0.2, 0) is 20.7 Å². The van der Waals surface area contributed by atoms with Crippen LogP contribution in [0.25, 0.3) is 0 Å². The normalized spacial score (nSPS) is 10.4. The molecule has 1 aromatic heterocycles. The summed E-state index contributed by atoms with van der Waals surface area (Å²) < 4.78 is 4.34. The number of carbonyl (C=O) groups is 2. The summed E-state index contributed by atoms with van der Waals surface area (Å²) in [4.78, 5) is 22.0. The van der Waals surface area contributed by atoms with Gasteiger partial charge in [-0.15, -0.1) is 10.2 Å². The number of ether oxygens (including phenoxy) is 1. The quantitative estimate of drug-likeness (QED) is 0.622. The van der Waals surface area contributed by atoms with Gasteiger partial charge >= 0.3 is 5.97 Å². The van der Waals surface area contributed by atoms with Crippen LogP contribution in [0, 0.1) is 0 Å². The summed E-state index contributed by atoms with van der Waals surface area (Å²) in [5.74, 6) is -1.02. The number of aryl methyl sites for hydroxylation is 1. The van der Waals surface area contributed by atoms with Gasteiger partial charge in [-0.1, -0.05) is 18.3 Å². The second kappa shape index (κ2) is 5.96. The van der Waals surface area contributed by atoms with E-state index in [1.165, 1.54) is 18.4 Å². The molecule has 0 radical (unpaired) electrons. The van der Waals surface area contributed by atoms with Crippen LogP contribution < -0.4 is 5.32 Å². The van der Waals surface area contributed by atoms with Crippen LogP contribution >= 0.6 is 11.3 Å². The van der Waals surface area contributed by atoms with Gasteiger partial charge in [0.2, 0.25) is 11.0 Å². The van der Waals surface area contributed by atoms with E-state index >= 15 is 0 Å². The van der Waals surface area contributed by atoms with Crippen molar-refractivity contribution in [3.05, 3.63) is 17.2 Å². The lowest BCUT2D eigenvalue weighted by Gasteiger charge is -1.93. The van der Waals surface area contributed by atoms with Gasteiger partial charge in [0.1, 0.15) is 5.01 Å². The molecule has 0 saturated carbocycles. The van der Waals surface area contributed by atoms with Crippen molar-refractivity contribution in [2.75, 3.05) is 12.4 Å². The predicted molar refractivity (Wildman–Crippen MR) is 59.1 cm³/mol. The number of hydrogen-bond acceptors (Lipinski definition) is 6. The average molecular weight is 241 g/mol. The van der Waals surface area contributed by atoms with E-state index in [-0.39, 0.29) is 0 Å². The maximum atomic E-state index is 11.3. The number of anilines is 1. The predicted octanol–water partition coefficient (Wildman–Crippen LogP) is 0.768. The minimum atomic E-state index is -0.582. The number of aromatic nitrogens is 2. The number of carbonyl (C=O) groups excluding carboxylic acids is 2. The van der Waals surface area contributed by atoms with E-state index < -0.39 is 11.9 Å². The van der Waals surface area contributed by atoms with Crippen molar-refractivity contribution in [3.8, 4) is 0 Å². The molecule has 1 aromatic rings. The number of hydrogen-bond donors (Lipinski definition) is 1.